The molecule has 1 aromatic carbocycles. The summed E-state index contributed by atoms with van der Waals surface area (Å²) in [5.74, 6) is 2.11. The first-order valence-electron chi connectivity index (χ1n) is 10.00. The molecule has 0 saturated heterocycles. The average Bonchev–Trinajstić information content (AvgIpc) is 2.60. The average molecular weight is 331 g/mol. The molecule has 2 atom stereocenters. The van der Waals surface area contributed by atoms with Crippen LogP contribution >= 0.6 is 0 Å². The molecule has 1 aliphatic rings. The molecule has 1 fully saturated rings. The van der Waals surface area contributed by atoms with Crippen molar-refractivity contribution in [1.29, 1.82) is 0 Å². The molecule has 0 N–H and O–H groups in total. The summed E-state index contributed by atoms with van der Waals surface area (Å²) >= 11 is 0. The predicted molar refractivity (Wildman–Crippen MR) is 101 cm³/mol. The quantitative estimate of drug-likeness (QED) is 0.471. The van der Waals surface area contributed by atoms with Crippen molar-refractivity contribution in [2.45, 2.75) is 84.0 Å². The lowest BCUT2D eigenvalue weighted by Crippen LogP contribution is -2.23. The van der Waals surface area contributed by atoms with Gasteiger partial charge in [0.25, 0.3) is 0 Å². The zero-order chi connectivity index (χ0) is 17.2. The maximum absolute atomic E-state index is 12.5. The first-order valence-corrected chi connectivity index (χ1v) is 10.00. The summed E-state index contributed by atoms with van der Waals surface area (Å²) in [7, 11) is 0. The van der Waals surface area contributed by atoms with Crippen molar-refractivity contribution < 1.29 is 9.53 Å². The van der Waals surface area contributed by atoms with Crippen LogP contribution in [0.3, 0.4) is 0 Å². The lowest BCUT2D eigenvalue weighted by atomic mass is 9.76. The van der Waals surface area contributed by atoms with Gasteiger partial charge in [-0.05, 0) is 42.9 Å². The molecular weight excluding hydrogens is 296 g/mol. The topological polar surface area (TPSA) is 26.3 Å². The molecule has 24 heavy (non-hydrogen) atoms. The monoisotopic (exact) mass is 330 g/mol. The van der Waals surface area contributed by atoms with Gasteiger partial charge in [-0.3, -0.25) is 4.79 Å². The maximum atomic E-state index is 12.5. The first kappa shape index (κ1) is 19.0. The summed E-state index contributed by atoms with van der Waals surface area (Å²) < 4.78 is 5.80. The third kappa shape index (κ3) is 5.96. The lowest BCUT2D eigenvalue weighted by molar-refractivity contribution is -0.123. The van der Waals surface area contributed by atoms with Crippen LogP contribution in [0.25, 0.3) is 0 Å². The van der Waals surface area contributed by atoms with Gasteiger partial charge >= 0.3 is 0 Å². The van der Waals surface area contributed by atoms with E-state index >= 15 is 0 Å². The van der Waals surface area contributed by atoms with Crippen molar-refractivity contribution in [2.24, 2.45) is 5.92 Å². The van der Waals surface area contributed by atoms with Crippen LogP contribution in [0.5, 0.6) is 5.75 Å². The number of carbonyl (C=O) groups is 1. The molecule has 2 nitrogen and oxygen atoms in total. The third-order valence-corrected chi connectivity index (χ3v) is 5.26. The molecule has 2 rings (SSSR count). The molecule has 0 bridgehead atoms. The maximum Gasteiger partial charge on any atom is 0.140 e. The fraction of sp³-hybridized carbons (Fsp3) is 0.682. The Morgan fingerprint density at radius 1 is 0.958 bits per heavy atom. The highest BCUT2D eigenvalue weighted by molar-refractivity contribution is 5.86. The van der Waals surface area contributed by atoms with Crippen LogP contribution in [-0.4, -0.2) is 12.4 Å². The largest absolute Gasteiger partial charge is 0.494 e. The number of benzene rings is 1. The van der Waals surface area contributed by atoms with E-state index in [2.05, 4.69) is 26.0 Å². The van der Waals surface area contributed by atoms with Crippen molar-refractivity contribution in [1.82, 2.24) is 0 Å². The van der Waals surface area contributed by atoms with Crippen molar-refractivity contribution >= 4 is 5.78 Å². The van der Waals surface area contributed by atoms with E-state index in [1.807, 2.05) is 12.1 Å². The Morgan fingerprint density at radius 2 is 1.71 bits per heavy atom. The molecule has 134 valence electrons. The van der Waals surface area contributed by atoms with E-state index in [4.69, 9.17) is 4.74 Å². The zero-order valence-corrected chi connectivity index (χ0v) is 15.6. The molecule has 0 aromatic heterocycles. The molecule has 0 heterocycles. The third-order valence-electron chi connectivity index (χ3n) is 5.26. The number of ketones is 1. The highest BCUT2D eigenvalue weighted by Crippen LogP contribution is 2.35. The van der Waals surface area contributed by atoms with Gasteiger partial charge in [0.2, 0.25) is 0 Å². The summed E-state index contributed by atoms with van der Waals surface area (Å²) in [6.07, 6.45) is 11.6. The van der Waals surface area contributed by atoms with E-state index < -0.39 is 0 Å². The van der Waals surface area contributed by atoms with Crippen molar-refractivity contribution in [3.8, 4) is 5.75 Å². The van der Waals surface area contributed by atoms with Crippen LogP contribution < -0.4 is 4.74 Å². The molecule has 1 aliphatic carbocycles. The standard InChI is InChI=1S/C22H34O2/c1-3-5-7-8-16-24-20-13-11-19(12-14-20)21-15-10-18(9-6-4-2)17-22(21)23/h11-14,18,21H,3-10,15-17H2,1-2H3/t18-,21+/m1/s1. The molecule has 0 unspecified atom stereocenters. The summed E-state index contributed by atoms with van der Waals surface area (Å²) in [4.78, 5) is 12.5. The minimum atomic E-state index is 0.112. The number of ether oxygens (including phenoxy) is 1. The first-order chi connectivity index (χ1) is 11.7. The van der Waals surface area contributed by atoms with Gasteiger partial charge < -0.3 is 4.74 Å². The van der Waals surface area contributed by atoms with Crippen molar-refractivity contribution in [3.05, 3.63) is 29.8 Å². The van der Waals surface area contributed by atoms with Crippen LogP contribution in [0.4, 0.5) is 0 Å². The van der Waals surface area contributed by atoms with Crippen LogP contribution in [0, 0.1) is 5.92 Å². The van der Waals surface area contributed by atoms with Gasteiger partial charge in [0.05, 0.1) is 6.61 Å². The number of hydrogen-bond donors (Lipinski definition) is 0. The molecule has 1 saturated carbocycles. The van der Waals surface area contributed by atoms with Crippen LogP contribution in [0.1, 0.15) is 89.5 Å². The summed E-state index contributed by atoms with van der Waals surface area (Å²) in [5.41, 5.74) is 1.17. The summed E-state index contributed by atoms with van der Waals surface area (Å²) in [6, 6.07) is 8.25. The molecule has 2 heteroatoms. The van der Waals surface area contributed by atoms with Gasteiger partial charge in [0.1, 0.15) is 11.5 Å². The molecular formula is C22H34O2. The van der Waals surface area contributed by atoms with E-state index in [9.17, 15) is 4.79 Å². The van der Waals surface area contributed by atoms with Crippen molar-refractivity contribution in [3.63, 3.8) is 0 Å². The Hall–Kier alpha value is -1.31. The number of carbonyl (C=O) groups excluding carboxylic acids is 1. The minimum absolute atomic E-state index is 0.112. The van der Waals surface area contributed by atoms with Gasteiger partial charge in [0, 0.05) is 12.3 Å². The highest BCUT2D eigenvalue weighted by atomic mass is 16.5. The van der Waals surface area contributed by atoms with Gasteiger partial charge in [0.15, 0.2) is 0 Å². The van der Waals surface area contributed by atoms with E-state index in [-0.39, 0.29) is 5.92 Å². The summed E-state index contributed by atoms with van der Waals surface area (Å²) in [6.45, 7) is 5.24. The number of rotatable bonds is 10. The Balaban J connectivity index is 1.79. The normalized spacial score (nSPS) is 21.0. The smallest absolute Gasteiger partial charge is 0.140 e. The highest BCUT2D eigenvalue weighted by Gasteiger charge is 2.29. The number of unbranched alkanes of at least 4 members (excludes halogenated alkanes) is 4. The summed E-state index contributed by atoms with van der Waals surface area (Å²) in [5, 5.41) is 0. The second kappa shape index (κ2) is 10.5. The SMILES string of the molecule is CCCCCCOc1ccc([C@@H]2CC[C@@H](CCCC)CC2=O)cc1. The number of hydrogen-bond acceptors (Lipinski definition) is 2. The van der Waals surface area contributed by atoms with E-state index in [0.29, 0.717) is 11.7 Å². The fourth-order valence-electron chi connectivity index (χ4n) is 3.70. The molecule has 0 spiro atoms. The zero-order valence-electron chi connectivity index (χ0n) is 15.6. The Kier molecular flexibility index (Phi) is 8.35. The molecule has 0 aliphatic heterocycles. The van der Waals surface area contributed by atoms with Gasteiger partial charge in [-0.25, -0.2) is 0 Å². The Bertz CT molecular complexity index is 477. The van der Waals surface area contributed by atoms with E-state index in [1.54, 1.807) is 0 Å². The van der Waals surface area contributed by atoms with E-state index in [1.165, 1.54) is 50.5 Å². The van der Waals surface area contributed by atoms with Gasteiger partial charge in [-0.2, -0.15) is 0 Å². The molecule has 1 aromatic rings. The van der Waals surface area contributed by atoms with Crippen LogP contribution in [0.2, 0.25) is 0 Å². The Morgan fingerprint density at radius 3 is 2.38 bits per heavy atom. The van der Waals surface area contributed by atoms with E-state index in [0.717, 1.165) is 31.6 Å². The Labute approximate surface area is 148 Å². The lowest BCUT2D eigenvalue weighted by Gasteiger charge is -2.27. The van der Waals surface area contributed by atoms with Crippen LogP contribution in [-0.2, 0) is 4.79 Å². The van der Waals surface area contributed by atoms with Gasteiger partial charge in [-0.1, -0.05) is 64.5 Å². The van der Waals surface area contributed by atoms with Gasteiger partial charge in [-0.15, -0.1) is 0 Å². The molecule has 0 radical (unpaired) electrons. The minimum Gasteiger partial charge on any atom is -0.494 e. The second-order valence-electron chi connectivity index (χ2n) is 7.29. The second-order valence-corrected chi connectivity index (χ2v) is 7.29. The van der Waals surface area contributed by atoms with Crippen molar-refractivity contribution in [2.75, 3.05) is 6.61 Å². The molecule has 0 amide bonds. The van der Waals surface area contributed by atoms with Crippen LogP contribution in [0.15, 0.2) is 24.3 Å². The predicted octanol–water partition coefficient (Wildman–Crippen LogP) is 6.29. The fourth-order valence-corrected chi connectivity index (χ4v) is 3.70. The number of Topliss-reactive ketones (excluding diaryl/α,β-unsaturated/α-hetero) is 1.